The van der Waals surface area contributed by atoms with E-state index in [9.17, 15) is 9.90 Å². The highest BCUT2D eigenvalue weighted by atomic mass is 16.4. The average Bonchev–Trinajstić information content (AvgIpc) is 2.39. The summed E-state index contributed by atoms with van der Waals surface area (Å²) in [5.74, 6) is -0.543. The van der Waals surface area contributed by atoms with Crippen molar-refractivity contribution in [3.05, 3.63) is 0 Å². The van der Waals surface area contributed by atoms with Crippen molar-refractivity contribution in [1.29, 1.82) is 0 Å². The van der Waals surface area contributed by atoms with E-state index >= 15 is 0 Å². The summed E-state index contributed by atoms with van der Waals surface area (Å²) in [6.07, 6.45) is 3.30. The van der Waals surface area contributed by atoms with Crippen LogP contribution >= 0.6 is 0 Å². The normalized spacial score (nSPS) is 14.4. The first kappa shape index (κ1) is 21.7. The fraction of sp³-hybridized carbons (Fsp3) is 0.938. The fourth-order valence-electron chi connectivity index (χ4n) is 1.95. The Hall–Kier alpha value is -0.610. The van der Waals surface area contributed by atoms with Crippen LogP contribution in [0, 0.1) is 17.3 Å². The van der Waals surface area contributed by atoms with E-state index < -0.39 is 12.1 Å². The molecule has 0 fully saturated rings. The second-order valence-corrected chi connectivity index (χ2v) is 6.42. The SMILES string of the molecule is CC(C)C(O)C(C)(C)CO.CCCCC(CC)C(=O)O. The van der Waals surface area contributed by atoms with E-state index in [-0.39, 0.29) is 23.9 Å². The zero-order chi connectivity index (χ0) is 16.3. The maximum absolute atomic E-state index is 10.4. The van der Waals surface area contributed by atoms with Crippen molar-refractivity contribution in [3.8, 4) is 0 Å². The van der Waals surface area contributed by atoms with Gasteiger partial charge in [0, 0.05) is 5.41 Å². The quantitative estimate of drug-likeness (QED) is 0.641. The summed E-state index contributed by atoms with van der Waals surface area (Å²) in [5.41, 5.74) is -0.367. The van der Waals surface area contributed by atoms with E-state index in [2.05, 4.69) is 6.92 Å². The van der Waals surface area contributed by atoms with Crippen molar-refractivity contribution >= 4 is 5.97 Å². The van der Waals surface area contributed by atoms with Crippen LogP contribution in [0.15, 0.2) is 0 Å². The van der Waals surface area contributed by atoms with Gasteiger partial charge in [-0.1, -0.05) is 54.4 Å². The molecule has 0 aliphatic rings. The number of hydrogen-bond acceptors (Lipinski definition) is 3. The second kappa shape index (κ2) is 11.1. The highest BCUT2D eigenvalue weighted by Crippen LogP contribution is 2.24. The van der Waals surface area contributed by atoms with Crippen molar-refractivity contribution in [2.24, 2.45) is 17.3 Å². The van der Waals surface area contributed by atoms with E-state index in [0.29, 0.717) is 0 Å². The molecule has 0 spiro atoms. The largest absolute Gasteiger partial charge is 0.481 e. The first-order valence-electron chi connectivity index (χ1n) is 7.65. The molecule has 4 heteroatoms. The number of aliphatic hydroxyl groups is 2. The molecule has 0 aromatic rings. The fourth-order valence-corrected chi connectivity index (χ4v) is 1.95. The minimum absolute atomic E-state index is 0.0341. The van der Waals surface area contributed by atoms with Gasteiger partial charge in [0.2, 0.25) is 0 Å². The lowest BCUT2D eigenvalue weighted by Gasteiger charge is -2.30. The van der Waals surface area contributed by atoms with Gasteiger partial charge in [-0.3, -0.25) is 4.79 Å². The first-order valence-corrected chi connectivity index (χ1v) is 7.65. The summed E-state index contributed by atoms with van der Waals surface area (Å²) >= 11 is 0. The van der Waals surface area contributed by atoms with Gasteiger partial charge >= 0.3 is 5.97 Å². The summed E-state index contributed by atoms with van der Waals surface area (Å²) in [7, 11) is 0. The predicted molar refractivity (Wildman–Crippen MR) is 82.7 cm³/mol. The Labute approximate surface area is 124 Å². The van der Waals surface area contributed by atoms with E-state index in [0.717, 1.165) is 25.7 Å². The molecule has 0 amide bonds. The maximum atomic E-state index is 10.4. The maximum Gasteiger partial charge on any atom is 0.306 e. The number of unbranched alkanes of at least 4 members (excludes halogenated alkanes) is 1. The molecule has 0 bridgehead atoms. The van der Waals surface area contributed by atoms with Gasteiger partial charge in [-0.2, -0.15) is 0 Å². The Morgan fingerprint density at radius 2 is 1.70 bits per heavy atom. The number of rotatable bonds is 8. The molecule has 0 saturated carbocycles. The first-order chi connectivity index (χ1) is 9.13. The topological polar surface area (TPSA) is 77.8 Å². The van der Waals surface area contributed by atoms with Crippen LogP contribution < -0.4 is 0 Å². The molecule has 20 heavy (non-hydrogen) atoms. The van der Waals surface area contributed by atoms with E-state index in [1.165, 1.54) is 0 Å². The number of carboxylic acids is 1. The standard InChI is InChI=1S/C8H18O2.C8H16O2/c1-6(2)7(10)8(3,4)5-9;1-3-5-6-7(4-2)8(9)10/h6-7,9-10H,5H2,1-4H3;7H,3-6H2,1-2H3,(H,9,10). The third kappa shape index (κ3) is 9.32. The van der Waals surface area contributed by atoms with Crippen LogP contribution in [0.1, 0.15) is 67.2 Å². The Balaban J connectivity index is 0. The van der Waals surface area contributed by atoms with Crippen LogP contribution in [0.3, 0.4) is 0 Å². The smallest absolute Gasteiger partial charge is 0.306 e. The molecule has 4 nitrogen and oxygen atoms in total. The van der Waals surface area contributed by atoms with Gasteiger partial charge in [0.05, 0.1) is 18.6 Å². The Morgan fingerprint density at radius 1 is 1.20 bits per heavy atom. The van der Waals surface area contributed by atoms with Crippen molar-refractivity contribution < 1.29 is 20.1 Å². The van der Waals surface area contributed by atoms with Gasteiger partial charge in [-0.05, 0) is 18.8 Å². The molecule has 0 aromatic carbocycles. The van der Waals surface area contributed by atoms with Crippen molar-refractivity contribution in [2.45, 2.75) is 73.3 Å². The Kier molecular flexibility index (Phi) is 12.0. The highest BCUT2D eigenvalue weighted by Gasteiger charge is 2.28. The average molecular weight is 290 g/mol. The Bertz CT molecular complexity index is 249. The number of aliphatic hydroxyl groups excluding tert-OH is 2. The van der Waals surface area contributed by atoms with Crippen LogP contribution in [-0.4, -0.2) is 34.0 Å². The number of carboxylic acid groups (broad SMARTS) is 1. The monoisotopic (exact) mass is 290 g/mol. The summed E-state index contributed by atoms with van der Waals surface area (Å²) in [5, 5.41) is 26.9. The third-order valence-electron chi connectivity index (χ3n) is 3.59. The predicted octanol–water partition coefficient (Wildman–Crippen LogP) is 3.31. The minimum atomic E-state index is -0.643. The van der Waals surface area contributed by atoms with Gasteiger partial charge in [0.1, 0.15) is 0 Å². The number of hydrogen-bond donors (Lipinski definition) is 3. The molecule has 0 aliphatic carbocycles. The summed E-state index contributed by atoms with van der Waals surface area (Å²) in [4.78, 5) is 10.4. The van der Waals surface area contributed by atoms with Gasteiger partial charge < -0.3 is 15.3 Å². The zero-order valence-electron chi connectivity index (χ0n) is 14.0. The lowest BCUT2D eigenvalue weighted by atomic mass is 9.82. The van der Waals surface area contributed by atoms with E-state index in [1.54, 1.807) is 0 Å². The summed E-state index contributed by atoms with van der Waals surface area (Å²) in [6.45, 7) is 11.6. The molecule has 0 saturated heterocycles. The molecular weight excluding hydrogens is 256 g/mol. The van der Waals surface area contributed by atoms with E-state index in [4.69, 9.17) is 10.2 Å². The number of carbonyl (C=O) groups is 1. The van der Waals surface area contributed by atoms with Crippen LogP contribution in [0.4, 0.5) is 0 Å². The van der Waals surface area contributed by atoms with Gasteiger partial charge in [0.25, 0.3) is 0 Å². The van der Waals surface area contributed by atoms with Gasteiger partial charge in [-0.15, -0.1) is 0 Å². The van der Waals surface area contributed by atoms with Gasteiger partial charge in [-0.25, -0.2) is 0 Å². The lowest BCUT2D eigenvalue weighted by Crippen LogP contribution is -2.36. The molecule has 2 unspecified atom stereocenters. The zero-order valence-corrected chi connectivity index (χ0v) is 14.0. The molecule has 0 rings (SSSR count). The molecule has 0 aliphatic heterocycles. The molecule has 0 heterocycles. The number of aliphatic carboxylic acids is 1. The summed E-state index contributed by atoms with van der Waals surface area (Å²) in [6, 6.07) is 0. The molecule has 0 aromatic heterocycles. The third-order valence-corrected chi connectivity index (χ3v) is 3.59. The second-order valence-electron chi connectivity index (χ2n) is 6.42. The van der Waals surface area contributed by atoms with Gasteiger partial charge in [0.15, 0.2) is 0 Å². The van der Waals surface area contributed by atoms with Crippen LogP contribution in [0.2, 0.25) is 0 Å². The van der Waals surface area contributed by atoms with Crippen LogP contribution in [0.5, 0.6) is 0 Å². The van der Waals surface area contributed by atoms with Crippen molar-refractivity contribution in [2.75, 3.05) is 6.61 Å². The van der Waals surface area contributed by atoms with Crippen LogP contribution in [-0.2, 0) is 4.79 Å². The van der Waals surface area contributed by atoms with Crippen molar-refractivity contribution in [1.82, 2.24) is 0 Å². The molecule has 122 valence electrons. The highest BCUT2D eigenvalue weighted by molar-refractivity contribution is 5.69. The minimum Gasteiger partial charge on any atom is -0.481 e. The molecule has 2 atom stereocenters. The van der Waals surface area contributed by atoms with E-state index in [1.807, 2.05) is 34.6 Å². The lowest BCUT2D eigenvalue weighted by molar-refractivity contribution is -0.142. The molecule has 0 radical (unpaired) electrons. The summed E-state index contributed by atoms with van der Waals surface area (Å²) < 4.78 is 0. The molecular formula is C16H34O4. The van der Waals surface area contributed by atoms with Crippen LogP contribution in [0.25, 0.3) is 0 Å². The van der Waals surface area contributed by atoms with Crippen molar-refractivity contribution in [3.63, 3.8) is 0 Å². The Morgan fingerprint density at radius 3 is 1.90 bits per heavy atom. The molecule has 3 N–H and O–H groups in total.